The van der Waals surface area contributed by atoms with Crippen molar-refractivity contribution in [3.8, 4) is 0 Å². The standard InChI is InChI=1S/C43H60N8O10S/c1-26(2)22-32(43(60)61-34(38(45)55)20-21-62-5)47-37(54)25-50(3)42(59)33(24-28-14-10-7-11-15-28)51(4)41(58)31(23-27-12-8-6-9-13-27)49-40(57)30(16-18-35(44)52)48-39(56)29-17-19-36(53)46-29/h6-15,26,29-34H,16-25H2,1-5H3,(H2,44,52)(H2,45,55)(H,46,53)(H,47,54)(H,48,56)(H,49,57)/t29-,30-,31-,32-,33-,34-/m0/s1. The number of carbonyl (C=O) groups is 9. The number of benzene rings is 2. The molecule has 0 radical (unpaired) electrons. The van der Waals surface area contributed by atoms with Crippen LogP contribution in [0.5, 0.6) is 0 Å². The average Bonchev–Trinajstić information content (AvgIpc) is 3.68. The monoisotopic (exact) mass is 880 g/mol. The van der Waals surface area contributed by atoms with Gasteiger partial charge in [0.1, 0.15) is 30.2 Å². The predicted octanol–water partition coefficient (Wildman–Crippen LogP) is -0.0480. The highest BCUT2D eigenvalue weighted by Gasteiger charge is 2.37. The van der Waals surface area contributed by atoms with Crippen LogP contribution in [0.4, 0.5) is 0 Å². The molecule has 1 saturated heterocycles. The highest BCUT2D eigenvalue weighted by molar-refractivity contribution is 7.98. The van der Waals surface area contributed by atoms with E-state index in [9.17, 15) is 43.2 Å². The van der Waals surface area contributed by atoms with Gasteiger partial charge in [-0.1, -0.05) is 74.5 Å². The number of nitrogens with two attached hydrogens (primary N) is 2. The summed E-state index contributed by atoms with van der Waals surface area (Å²) in [6.45, 7) is 3.15. The van der Waals surface area contributed by atoms with Gasteiger partial charge in [-0.05, 0) is 48.3 Å². The van der Waals surface area contributed by atoms with Crippen molar-refractivity contribution in [2.75, 3.05) is 32.6 Å². The Kier molecular flexibility index (Phi) is 20.4. The molecule has 0 saturated carbocycles. The number of nitrogens with one attached hydrogen (secondary N) is 4. The summed E-state index contributed by atoms with van der Waals surface area (Å²) in [5.74, 6) is -5.72. The first-order valence-electron chi connectivity index (χ1n) is 20.5. The maximum Gasteiger partial charge on any atom is 0.329 e. The molecule has 19 heteroatoms. The van der Waals surface area contributed by atoms with Crippen LogP contribution in [0.15, 0.2) is 60.7 Å². The van der Waals surface area contributed by atoms with Crippen molar-refractivity contribution in [1.82, 2.24) is 31.1 Å². The van der Waals surface area contributed by atoms with Crippen molar-refractivity contribution in [2.24, 2.45) is 17.4 Å². The van der Waals surface area contributed by atoms with E-state index in [1.807, 2.05) is 20.1 Å². The van der Waals surface area contributed by atoms with Crippen LogP contribution in [0.3, 0.4) is 0 Å². The number of thioether (sulfide) groups is 1. The highest BCUT2D eigenvalue weighted by Crippen LogP contribution is 2.16. The summed E-state index contributed by atoms with van der Waals surface area (Å²) >= 11 is 1.45. The van der Waals surface area contributed by atoms with E-state index in [0.29, 0.717) is 16.9 Å². The third-order valence-electron chi connectivity index (χ3n) is 10.1. The van der Waals surface area contributed by atoms with Crippen molar-refractivity contribution in [2.45, 2.75) is 102 Å². The van der Waals surface area contributed by atoms with Gasteiger partial charge in [0.25, 0.3) is 5.91 Å². The van der Waals surface area contributed by atoms with Gasteiger partial charge in [-0.15, -0.1) is 0 Å². The third-order valence-corrected chi connectivity index (χ3v) is 10.8. The minimum absolute atomic E-state index is 0.0110. The number of ether oxygens (including phenoxy) is 1. The van der Waals surface area contributed by atoms with E-state index < -0.39 is 90.2 Å². The molecule has 62 heavy (non-hydrogen) atoms. The summed E-state index contributed by atoms with van der Waals surface area (Å²) in [4.78, 5) is 121. The number of hydrogen-bond acceptors (Lipinski definition) is 11. The Morgan fingerprint density at radius 3 is 1.97 bits per heavy atom. The Morgan fingerprint density at radius 1 is 0.823 bits per heavy atom. The minimum atomic E-state index is -1.32. The van der Waals surface area contributed by atoms with Crippen molar-refractivity contribution in [3.05, 3.63) is 71.8 Å². The molecule has 6 atom stereocenters. The lowest BCUT2D eigenvalue weighted by molar-refractivity contribution is -0.158. The second-order valence-electron chi connectivity index (χ2n) is 15.7. The Bertz CT molecular complexity index is 1890. The van der Waals surface area contributed by atoms with Gasteiger partial charge in [0.2, 0.25) is 41.4 Å². The summed E-state index contributed by atoms with van der Waals surface area (Å²) < 4.78 is 5.42. The van der Waals surface area contributed by atoms with Crippen LogP contribution in [-0.4, -0.2) is 132 Å². The van der Waals surface area contributed by atoms with Crippen LogP contribution in [0.1, 0.15) is 63.5 Å². The Morgan fingerprint density at radius 2 is 1.44 bits per heavy atom. The highest BCUT2D eigenvalue weighted by atomic mass is 32.2. The zero-order chi connectivity index (χ0) is 45.9. The molecule has 0 unspecified atom stereocenters. The van der Waals surface area contributed by atoms with E-state index in [1.54, 1.807) is 60.7 Å². The topological polar surface area (TPSA) is 270 Å². The summed E-state index contributed by atoms with van der Waals surface area (Å²) in [5.41, 5.74) is 12.2. The molecule has 338 valence electrons. The van der Waals surface area contributed by atoms with Gasteiger partial charge in [-0.2, -0.15) is 11.8 Å². The van der Waals surface area contributed by atoms with E-state index in [0.717, 1.165) is 4.90 Å². The number of esters is 1. The predicted molar refractivity (Wildman–Crippen MR) is 231 cm³/mol. The number of nitrogens with zero attached hydrogens (tertiary/aromatic N) is 2. The van der Waals surface area contributed by atoms with Gasteiger partial charge in [0.05, 0.1) is 6.54 Å². The number of likely N-dealkylation sites (N-methyl/N-ethyl adjacent to an activating group) is 2. The molecular weight excluding hydrogens is 821 g/mol. The second kappa shape index (κ2) is 25.1. The van der Waals surface area contributed by atoms with E-state index in [2.05, 4.69) is 21.3 Å². The summed E-state index contributed by atoms with van der Waals surface area (Å²) in [7, 11) is 2.78. The Balaban J connectivity index is 1.89. The fourth-order valence-corrected chi connectivity index (χ4v) is 7.22. The molecule has 2 aromatic carbocycles. The van der Waals surface area contributed by atoms with Crippen LogP contribution >= 0.6 is 11.8 Å². The minimum Gasteiger partial charge on any atom is -0.451 e. The molecule has 1 heterocycles. The Hall–Kier alpha value is -5.98. The van der Waals surface area contributed by atoms with Gasteiger partial charge in [0, 0.05) is 46.2 Å². The summed E-state index contributed by atoms with van der Waals surface area (Å²) in [6.07, 6.45) is 0.857. The molecular formula is C43H60N8O10S. The third kappa shape index (κ3) is 16.5. The maximum atomic E-state index is 14.6. The summed E-state index contributed by atoms with van der Waals surface area (Å²) in [5, 5.41) is 10.5. The number of amides is 8. The van der Waals surface area contributed by atoms with Crippen molar-refractivity contribution in [3.63, 3.8) is 0 Å². The number of primary amides is 2. The first-order valence-corrected chi connectivity index (χ1v) is 21.8. The van der Waals surface area contributed by atoms with Gasteiger partial charge >= 0.3 is 5.97 Å². The molecule has 2 aromatic rings. The van der Waals surface area contributed by atoms with Crippen molar-refractivity contribution < 1.29 is 47.9 Å². The number of carbonyl (C=O) groups excluding carboxylic acids is 9. The molecule has 18 nitrogen and oxygen atoms in total. The molecule has 3 rings (SSSR count). The lowest BCUT2D eigenvalue weighted by Gasteiger charge is -2.34. The number of hydrogen-bond donors (Lipinski definition) is 6. The summed E-state index contributed by atoms with van der Waals surface area (Å²) in [6, 6.07) is 11.8. The quantitative estimate of drug-likeness (QED) is 0.0720. The first kappa shape index (κ1) is 50.4. The lowest BCUT2D eigenvalue weighted by Crippen LogP contribution is -2.59. The van der Waals surface area contributed by atoms with Gasteiger partial charge in [-0.25, -0.2) is 4.79 Å². The smallest absolute Gasteiger partial charge is 0.329 e. The number of rotatable bonds is 25. The fourth-order valence-electron chi connectivity index (χ4n) is 6.77. The second-order valence-corrected chi connectivity index (χ2v) is 16.7. The van der Waals surface area contributed by atoms with E-state index in [4.69, 9.17) is 16.2 Å². The molecule has 8 N–H and O–H groups in total. The van der Waals surface area contributed by atoms with Gasteiger partial charge in [0.15, 0.2) is 6.10 Å². The molecule has 0 aliphatic carbocycles. The molecule has 1 fully saturated rings. The van der Waals surface area contributed by atoms with Crippen LogP contribution in [-0.2, 0) is 60.7 Å². The molecule has 1 aliphatic heterocycles. The first-order chi connectivity index (χ1) is 29.4. The zero-order valence-corrected chi connectivity index (χ0v) is 36.7. The molecule has 8 amide bonds. The molecule has 0 aromatic heterocycles. The van der Waals surface area contributed by atoms with Gasteiger partial charge in [-0.3, -0.25) is 38.4 Å². The van der Waals surface area contributed by atoms with E-state index in [1.165, 1.54) is 30.8 Å². The molecule has 0 bridgehead atoms. The molecule has 1 aliphatic rings. The maximum absolute atomic E-state index is 14.6. The van der Waals surface area contributed by atoms with Crippen LogP contribution in [0.2, 0.25) is 0 Å². The lowest BCUT2D eigenvalue weighted by atomic mass is 10.00. The zero-order valence-electron chi connectivity index (χ0n) is 35.9. The van der Waals surface area contributed by atoms with Crippen LogP contribution in [0, 0.1) is 5.92 Å². The van der Waals surface area contributed by atoms with E-state index >= 15 is 0 Å². The fraction of sp³-hybridized carbons (Fsp3) is 0.512. The van der Waals surface area contributed by atoms with Crippen molar-refractivity contribution in [1.29, 1.82) is 0 Å². The Labute approximate surface area is 366 Å². The van der Waals surface area contributed by atoms with Gasteiger partial charge < -0.3 is 47.3 Å². The largest absolute Gasteiger partial charge is 0.451 e. The van der Waals surface area contributed by atoms with Crippen LogP contribution in [0.25, 0.3) is 0 Å². The van der Waals surface area contributed by atoms with E-state index in [-0.39, 0.29) is 63.2 Å². The molecule has 0 spiro atoms. The SMILES string of the molecule is CSCC[C@H](OC(=O)[C@H](CC(C)C)NC(=O)CN(C)C(=O)[C@H](Cc1ccccc1)N(C)C(=O)[C@H](Cc1ccccc1)NC(=O)[C@H](CCC(N)=O)NC(=O)[C@@H]1CCC(=O)N1)C(N)=O. The van der Waals surface area contributed by atoms with Crippen molar-refractivity contribution >= 4 is 65.0 Å². The average molecular weight is 881 g/mol. The normalized spacial score (nSPS) is 15.8. The van der Waals surface area contributed by atoms with Crippen LogP contribution < -0.4 is 32.7 Å².